The van der Waals surface area contributed by atoms with Crippen molar-refractivity contribution in [1.82, 2.24) is 0 Å². The average Bonchev–Trinajstić information content (AvgIpc) is 2.69. The van der Waals surface area contributed by atoms with E-state index in [4.69, 9.17) is 10.2 Å². The third kappa shape index (κ3) is 9.84. The van der Waals surface area contributed by atoms with Gasteiger partial charge in [-0.2, -0.15) is 0 Å². The van der Waals surface area contributed by atoms with Gasteiger partial charge in [0.25, 0.3) is 0 Å². The molecule has 1 unspecified atom stereocenters. The number of benzene rings is 2. The van der Waals surface area contributed by atoms with E-state index in [0.29, 0.717) is 11.1 Å². The van der Waals surface area contributed by atoms with Crippen LogP contribution in [-0.4, -0.2) is 33.0 Å². The number of rotatable bonds is 5. The lowest BCUT2D eigenvalue weighted by atomic mass is 10.0. The molecule has 6 nitrogen and oxygen atoms in total. The predicted octanol–water partition coefficient (Wildman–Crippen LogP) is 3.90. The third-order valence-electron chi connectivity index (χ3n) is 3.15. The first-order valence-corrected chi connectivity index (χ1v) is 8.17. The van der Waals surface area contributed by atoms with Gasteiger partial charge in [-0.15, -0.1) is 0 Å². The van der Waals surface area contributed by atoms with E-state index in [-0.39, 0.29) is 16.9 Å². The highest BCUT2D eigenvalue weighted by Gasteiger charge is 2.18. The highest BCUT2D eigenvalue weighted by atomic mass is 16.4. The number of carbonyl (C=O) groups is 3. The number of carboxylic acids is 2. The first-order chi connectivity index (χ1) is 13.1. The Bertz CT molecular complexity index is 761. The van der Waals surface area contributed by atoms with Crippen LogP contribution in [0.5, 0.6) is 0 Å². The lowest BCUT2D eigenvalue weighted by molar-refractivity contribution is -0.133. The molecule has 0 aliphatic heterocycles. The molecule has 0 saturated heterocycles. The smallest absolute Gasteiger partial charge is 0.330 e. The molecule has 2 aromatic rings. The Balaban J connectivity index is 0.000000505. The molecule has 28 heavy (non-hydrogen) atoms. The van der Waals surface area contributed by atoms with Crippen LogP contribution in [0.15, 0.2) is 85.0 Å². The number of aliphatic hydroxyl groups excluding tert-OH is 1. The normalized spacial score (nSPS) is 10.1. The van der Waals surface area contributed by atoms with E-state index in [9.17, 15) is 19.5 Å². The second-order valence-corrected chi connectivity index (χ2v) is 5.71. The number of hydrogen-bond acceptors (Lipinski definition) is 4. The summed E-state index contributed by atoms with van der Waals surface area (Å²) in [5.74, 6) is -2.14. The van der Waals surface area contributed by atoms with E-state index in [1.54, 1.807) is 48.5 Å². The Labute approximate surface area is 164 Å². The zero-order valence-electron chi connectivity index (χ0n) is 15.8. The molecule has 3 N–H and O–H groups in total. The summed E-state index contributed by atoms with van der Waals surface area (Å²) in [6.45, 7) is 9.20. The van der Waals surface area contributed by atoms with Crippen LogP contribution in [0.1, 0.15) is 35.9 Å². The molecular formula is C22H24O6. The maximum Gasteiger partial charge on any atom is 0.330 e. The summed E-state index contributed by atoms with van der Waals surface area (Å²) in [7, 11) is 0. The minimum Gasteiger partial charge on any atom is -0.478 e. The molecule has 2 rings (SSSR count). The van der Waals surface area contributed by atoms with Gasteiger partial charge in [-0.1, -0.05) is 73.8 Å². The van der Waals surface area contributed by atoms with Crippen molar-refractivity contribution in [3.05, 3.63) is 96.1 Å². The minimum absolute atomic E-state index is 0.176. The second kappa shape index (κ2) is 12.8. The number of aliphatic hydroxyl groups is 1. The molecule has 0 spiro atoms. The second-order valence-electron chi connectivity index (χ2n) is 5.71. The summed E-state index contributed by atoms with van der Waals surface area (Å²) < 4.78 is 0. The zero-order valence-corrected chi connectivity index (χ0v) is 15.8. The van der Waals surface area contributed by atoms with Crippen molar-refractivity contribution in [2.45, 2.75) is 20.0 Å². The van der Waals surface area contributed by atoms with Crippen LogP contribution < -0.4 is 0 Å². The molecule has 0 saturated carbocycles. The number of aliphatic carboxylic acids is 2. The summed E-state index contributed by atoms with van der Waals surface area (Å²) in [5, 5.41) is 25.7. The molecule has 0 radical (unpaired) electrons. The van der Waals surface area contributed by atoms with Crippen LogP contribution in [0.2, 0.25) is 0 Å². The van der Waals surface area contributed by atoms with Crippen molar-refractivity contribution in [2.75, 3.05) is 0 Å². The van der Waals surface area contributed by atoms with Crippen molar-refractivity contribution < 1.29 is 29.7 Å². The molecular weight excluding hydrogens is 360 g/mol. The fourth-order valence-electron chi connectivity index (χ4n) is 1.55. The number of carbonyl (C=O) groups excluding carboxylic acids is 1. The quantitative estimate of drug-likeness (QED) is 0.532. The molecule has 1 atom stereocenters. The largest absolute Gasteiger partial charge is 0.478 e. The summed E-state index contributed by atoms with van der Waals surface area (Å²) in [6.07, 6.45) is -1.08. The topological polar surface area (TPSA) is 112 Å². The van der Waals surface area contributed by atoms with Crippen molar-refractivity contribution in [1.29, 1.82) is 0 Å². The first kappa shape index (κ1) is 24.5. The summed E-state index contributed by atoms with van der Waals surface area (Å²) in [5.41, 5.74) is 1.50. The number of Topliss-reactive ketones (excluding diaryl/α,β-unsaturated/α-hetero) is 1. The van der Waals surface area contributed by atoms with Crippen LogP contribution in [0, 0.1) is 0 Å². The molecule has 148 valence electrons. The maximum atomic E-state index is 11.9. The summed E-state index contributed by atoms with van der Waals surface area (Å²) in [6, 6.07) is 17.7. The van der Waals surface area contributed by atoms with E-state index in [0.717, 1.165) is 0 Å². The lowest BCUT2D eigenvalue weighted by Crippen LogP contribution is -2.11. The van der Waals surface area contributed by atoms with Crippen LogP contribution >= 0.6 is 0 Å². The predicted molar refractivity (Wildman–Crippen MR) is 107 cm³/mol. The highest BCUT2D eigenvalue weighted by Crippen LogP contribution is 2.17. The van der Waals surface area contributed by atoms with Gasteiger partial charge in [-0.25, -0.2) is 9.59 Å². The molecule has 6 heteroatoms. The highest BCUT2D eigenvalue weighted by molar-refractivity contribution is 5.99. The van der Waals surface area contributed by atoms with Crippen molar-refractivity contribution in [3.8, 4) is 0 Å². The van der Waals surface area contributed by atoms with Gasteiger partial charge < -0.3 is 15.3 Å². The Morgan fingerprint density at radius 1 is 0.750 bits per heavy atom. The van der Waals surface area contributed by atoms with E-state index in [1.165, 1.54) is 13.8 Å². The zero-order chi connectivity index (χ0) is 21.7. The molecule has 0 bridgehead atoms. The molecule has 0 aromatic heterocycles. The fraction of sp³-hybridized carbons (Fsp3) is 0.136. The van der Waals surface area contributed by atoms with Gasteiger partial charge in [-0.05, 0) is 19.4 Å². The van der Waals surface area contributed by atoms with Gasteiger partial charge in [0, 0.05) is 16.7 Å². The minimum atomic E-state index is -1.08. The van der Waals surface area contributed by atoms with Gasteiger partial charge in [-0.3, -0.25) is 4.79 Å². The van der Waals surface area contributed by atoms with E-state index < -0.39 is 18.0 Å². The van der Waals surface area contributed by atoms with Gasteiger partial charge in [0.15, 0.2) is 5.78 Å². The SMILES string of the molecule is C=C(C)C(=O)O.C=C(C)C(=O)O.O=C(c1ccccc1)C(O)c1ccccc1. The monoisotopic (exact) mass is 384 g/mol. The van der Waals surface area contributed by atoms with Crippen LogP contribution in [0.3, 0.4) is 0 Å². The maximum absolute atomic E-state index is 11.9. The van der Waals surface area contributed by atoms with Crippen LogP contribution in [-0.2, 0) is 9.59 Å². The van der Waals surface area contributed by atoms with Crippen molar-refractivity contribution in [2.24, 2.45) is 0 Å². The summed E-state index contributed by atoms with van der Waals surface area (Å²) in [4.78, 5) is 31.1. The standard InChI is InChI=1S/C14H12O2.2C4H6O2/c15-13(11-7-3-1-4-8-11)14(16)12-9-5-2-6-10-12;2*1-3(2)4(5)6/h1-10,13,15H;2*1H2,2H3,(H,5,6). The third-order valence-corrected chi connectivity index (χ3v) is 3.15. The number of hydrogen-bond donors (Lipinski definition) is 3. The average molecular weight is 384 g/mol. The summed E-state index contributed by atoms with van der Waals surface area (Å²) >= 11 is 0. The van der Waals surface area contributed by atoms with Crippen LogP contribution in [0.4, 0.5) is 0 Å². The molecule has 0 aliphatic carbocycles. The van der Waals surface area contributed by atoms with E-state index in [1.807, 2.05) is 12.1 Å². The van der Waals surface area contributed by atoms with Gasteiger partial charge >= 0.3 is 11.9 Å². The lowest BCUT2D eigenvalue weighted by Gasteiger charge is -2.09. The molecule has 0 fully saturated rings. The van der Waals surface area contributed by atoms with E-state index >= 15 is 0 Å². The number of carboxylic acid groups (broad SMARTS) is 2. The Hall–Kier alpha value is -3.51. The molecule has 0 amide bonds. The Morgan fingerprint density at radius 2 is 1.07 bits per heavy atom. The Kier molecular flexibility index (Phi) is 11.2. The van der Waals surface area contributed by atoms with Crippen LogP contribution in [0.25, 0.3) is 0 Å². The van der Waals surface area contributed by atoms with Gasteiger partial charge in [0.2, 0.25) is 0 Å². The Morgan fingerprint density at radius 3 is 1.39 bits per heavy atom. The molecule has 0 heterocycles. The van der Waals surface area contributed by atoms with Gasteiger partial charge in [0.1, 0.15) is 6.10 Å². The molecule has 2 aromatic carbocycles. The molecule has 0 aliphatic rings. The first-order valence-electron chi connectivity index (χ1n) is 8.17. The van der Waals surface area contributed by atoms with E-state index in [2.05, 4.69) is 13.2 Å². The van der Waals surface area contributed by atoms with Crippen molar-refractivity contribution >= 4 is 17.7 Å². The fourth-order valence-corrected chi connectivity index (χ4v) is 1.55. The van der Waals surface area contributed by atoms with Gasteiger partial charge in [0.05, 0.1) is 0 Å². The number of ketones is 1. The van der Waals surface area contributed by atoms with Crippen molar-refractivity contribution in [3.63, 3.8) is 0 Å².